The molecule has 0 aliphatic carbocycles. The number of carbonyl (C=O) groups excluding carboxylic acids is 3. The standard InChI is InChI=1S/C25H35N3O4S/c1-16-14-18-19(22(30)26-2)20-24(32)28(12-8-3-4-9-13-29)21(25(16,20)33-18)23(31)27-15-17-10-6-5-7-11-17/h5-7,10-11,16,18-21,29H,3-4,8-9,12-15H2,1-2H3,(H,26,30)(H,27,31)/t16?,18-,19+,20+,21?,25?/m1/s1. The monoisotopic (exact) mass is 473 g/mol. The molecule has 2 bridgehead atoms. The van der Waals surface area contributed by atoms with E-state index in [1.165, 1.54) is 0 Å². The maximum Gasteiger partial charge on any atom is 0.244 e. The van der Waals surface area contributed by atoms with Crippen molar-refractivity contribution in [2.75, 3.05) is 20.2 Å². The van der Waals surface area contributed by atoms with Crippen LogP contribution in [0.25, 0.3) is 0 Å². The lowest BCUT2D eigenvalue weighted by Crippen LogP contribution is -2.56. The van der Waals surface area contributed by atoms with Crippen LogP contribution in [0.15, 0.2) is 30.3 Å². The van der Waals surface area contributed by atoms with Crippen molar-refractivity contribution >= 4 is 29.5 Å². The highest BCUT2D eigenvalue weighted by Crippen LogP contribution is 2.68. The van der Waals surface area contributed by atoms with E-state index in [9.17, 15) is 14.4 Å². The van der Waals surface area contributed by atoms with Gasteiger partial charge in [0.05, 0.1) is 16.6 Å². The van der Waals surface area contributed by atoms with E-state index in [0.29, 0.717) is 13.1 Å². The third-order valence-electron chi connectivity index (χ3n) is 7.66. The molecule has 0 radical (unpaired) electrons. The summed E-state index contributed by atoms with van der Waals surface area (Å²) in [6, 6.07) is 9.20. The van der Waals surface area contributed by atoms with E-state index in [-0.39, 0.29) is 41.4 Å². The number of nitrogens with one attached hydrogen (secondary N) is 2. The van der Waals surface area contributed by atoms with Crippen LogP contribution in [0.4, 0.5) is 0 Å². The summed E-state index contributed by atoms with van der Waals surface area (Å²) in [6.07, 6.45) is 4.16. The average molecular weight is 474 g/mol. The van der Waals surface area contributed by atoms with Gasteiger partial charge in [-0.1, -0.05) is 50.1 Å². The van der Waals surface area contributed by atoms with Crippen LogP contribution in [0.1, 0.15) is 44.6 Å². The first kappa shape index (κ1) is 24.1. The Hall–Kier alpha value is -2.06. The fourth-order valence-electron chi connectivity index (χ4n) is 6.16. The molecule has 4 rings (SSSR count). The Morgan fingerprint density at radius 1 is 1.15 bits per heavy atom. The zero-order chi connectivity index (χ0) is 23.6. The third-order valence-corrected chi connectivity index (χ3v) is 9.74. The van der Waals surface area contributed by atoms with E-state index >= 15 is 0 Å². The maximum absolute atomic E-state index is 13.8. The van der Waals surface area contributed by atoms with Crippen molar-refractivity contribution < 1.29 is 19.5 Å². The van der Waals surface area contributed by atoms with Gasteiger partial charge in [-0.25, -0.2) is 0 Å². The van der Waals surface area contributed by atoms with E-state index in [1.807, 2.05) is 30.3 Å². The SMILES string of the molecule is CNC(=O)[C@@H]1[C@H]2C(=O)N(CCCCCCO)C(C(=O)NCc3ccccc3)C23S[C@@H]1CC3C. The maximum atomic E-state index is 13.8. The number of aliphatic hydroxyl groups is 1. The predicted molar refractivity (Wildman–Crippen MR) is 128 cm³/mol. The number of likely N-dealkylation sites (tertiary alicyclic amines) is 1. The van der Waals surface area contributed by atoms with Crippen LogP contribution in [0.5, 0.6) is 0 Å². The molecule has 1 aromatic rings. The summed E-state index contributed by atoms with van der Waals surface area (Å²) in [5, 5.41) is 15.0. The molecular weight excluding hydrogens is 438 g/mol. The lowest BCUT2D eigenvalue weighted by molar-refractivity contribution is -0.140. The van der Waals surface area contributed by atoms with Crippen molar-refractivity contribution in [3.05, 3.63) is 35.9 Å². The van der Waals surface area contributed by atoms with E-state index in [1.54, 1.807) is 23.7 Å². The summed E-state index contributed by atoms with van der Waals surface area (Å²) in [6.45, 7) is 3.22. The number of thioether (sulfide) groups is 1. The number of rotatable bonds is 10. The smallest absolute Gasteiger partial charge is 0.244 e. The Balaban J connectivity index is 1.60. The van der Waals surface area contributed by atoms with E-state index in [4.69, 9.17) is 5.11 Å². The number of fused-ring (bicyclic) bond motifs is 1. The molecule has 180 valence electrons. The number of amides is 3. The molecule has 3 amide bonds. The molecule has 1 aromatic carbocycles. The van der Waals surface area contributed by atoms with Gasteiger partial charge >= 0.3 is 0 Å². The van der Waals surface area contributed by atoms with Crippen LogP contribution in [0, 0.1) is 17.8 Å². The van der Waals surface area contributed by atoms with Crippen molar-refractivity contribution in [1.29, 1.82) is 0 Å². The van der Waals surface area contributed by atoms with Gasteiger partial charge in [-0.2, -0.15) is 0 Å². The number of nitrogens with zero attached hydrogens (tertiary/aromatic N) is 1. The molecule has 6 atom stereocenters. The van der Waals surface area contributed by atoms with Gasteiger partial charge in [-0.15, -0.1) is 11.8 Å². The first-order valence-electron chi connectivity index (χ1n) is 12.1. The van der Waals surface area contributed by atoms with E-state index in [2.05, 4.69) is 17.6 Å². The van der Waals surface area contributed by atoms with Gasteiger partial charge in [-0.05, 0) is 30.7 Å². The number of carbonyl (C=O) groups is 3. The first-order valence-corrected chi connectivity index (χ1v) is 13.0. The zero-order valence-corrected chi connectivity index (χ0v) is 20.3. The summed E-state index contributed by atoms with van der Waals surface area (Å²) < 4.78 is -0.565. The number of hydrogen-bond acceptors (Lipinski definition) is 5. The molecule has 8 heteroatoms. The molecule has 3 heterocycles. The minimum atomic E-state index is -0.573. The van der Waals surface area contributed by atoms with E-state index in [0.717, 1.165) is 37.7 Å². The van der Waals surface area contributed by atoms with Gasteiger partial charge in [0.25, 0.3) is 0 Å². The number of aliphatic hydroxyl groups excluding tert-OH is 1. The molecule has 0 aromatic heterocycles. The van der Waals surface area contributed by atoms with Crippen molar-refractivity contribution in [2.45, 2.75) is 61.6 Å². The summed E-state index contributed by atoms with van der Waals surface area (Å²) in [5.74, 6) is -0.925. The van der Waals surface area contributed by atoms with Gasteiger partial charge in [0.2, 0.25) is 17.7 Å². The predicted octanol–water partition coefficient (Wildman–Crippen LogP) is 1.94. The molecule has 1 spiro atoms. The number of unbranched alkanes of at least 4 members (excludes halogenated alkanes) is 3. The number of benzene rings is 1. The van der Waals surface area contributed by atoms with Crippen LogP contribution < -0.4 is 10.6 Å². The molecule has 3 saturated heterocycles. The molecule has 7 nitrogen and oxygen atoms in total. The fourth-order valence-corrected chi connectivity index (χ4v) is 8.58. The van der Waals surface area contributed by atoms with Crippen LogP contribution in [-0.2, 0) is 20.9 Å². The van der Waals surface area contributed by atoms with Gasteiger partial charge in [0, 0.05) is 32.0 Å². The van der Waals surface area contributed by atoms with Crippen LogP contribution in [0.2, 0.25) is 0 Å². The lowest BCUT2D eigenvalue weighted by Gasteiger charge is -2.38. The Morgan fingerprint density at radius 2 is 1.88 bits per heavy atom. The topological polar surface area (TPSA) is 98.7 Å². The van der Waals surface area contributed by atoms with Crippen molar-refractivity contribution in [3.8, 4) is 0 Å². The van der Waals surface area contributed by atoms with Crippen molar-refractivity contribution in [3.63, 3.8) is 0 Å². The quantitative estimate of drug-likeness (QED) is 0.451. The highest BCUT2D eigenvalue weighted by Gasteiger charge is 2.75. The largest absolute Gasteiger partial charge is 0.396 e. The minimum Gasteiger partial charge on any atom is -0.396 e. The van der Waals surface area contributed by atoms with Gasteiger partial charge in [-0.3, -0.25) is 14.4 Å². The Bertz CT molecular complexity index is 882. The second-order valence-electron chi connectivity index (χ2n) is 9.54. The molecule has 3 N–H and O–H groups in total. The van der Waals surface area contributed by atoms with Crippen molar-refractivity contribution in [1.82, 2.24) is 15.5 Å². The Labute approximate surface area is 200 Å². The van der Waals surface area contributed by atoms with Crippen LogP contribution >= 0.6 is 11.8 Å². The van der Waals surface area contributed by atoms with Gasteiger partial charge in [0.15, 0.2) is 0 Å². The highest BCUT2D eigenvalue weighted by atomic mass is 32.2. The van der Waals surface area contributed by atoms with E-state index < -0.39 is 16.7 Å². The lowest BCUT2D eigenvalue weighted by atomic mass is 9.66. The summed E-state index contributed by atoms with van der Waals surface area (Å²) in [7, 11) is 1.62. The van der Waals surface area contributed by atoms with Crippen molar-refractivity contribution in [2.24, 2.45) is 17.8 Å². The second kappa shape index (κ2) is 10.1. The molecule has 33 heavy (non-hydrogen) atoms. The second-order valence-corrected chi connectivity index (χ2v) is 11.1. The summed E-state index contributed by atoms with van der Waals surface area (Å²) >= 11 is 1.71. The molecule has 3 fully saturated rings. The average Bonchev–Trinajstić information content (AvgIpc) is 3.41. The fraction of sp³-hybridized carbons (Fsp3) is 0.640. The number of hydrogen-bond donors (Lipinski definition) is 3. The molecular formula is C25H35N3O4S. The highest BCUT2D eigenvalue weighted by molar-refractivity contribution is 8.02. The van der Waals surface area contributed by atoms with Crippen LogP contribution in [0.3, 0.4) is 0 Å². The Kier molecular flexibility index (Phi) is 7.34. The molecule has 3 aliphatic heterocycles. The molecule has 3 unspecified atom stereocenters. The Morgan fingerprint density at radius 3 is 2.58 bits per heavy atom. The first-order chi connectivity index (χ1) is 16.0. The van der Waals surface area contributed by atoms with Gasteiger partial charge in [0.1, 0.15) is 6.04 Å². The minimum absolute atomic E-state index is 0.0489. The van der Waals surface area contributed by atoms with Crippen LogP contribution in [-0.4, -0.2) is 64.0 Å². The third kappa shape index (κ3) is 4.16. The zero-order valence-electron chi connectivity index (χ0n) is 19.5. The summed E-state index contributed by atoms with van der Waals surface area (Å²) in [5.41, 5.74) is 1.01. The van der Waals surface area contributed by atoms with Gasteiger partial charge < -0.3 is 20.6 Å². The molecule has 3 aliphatic rings. The molecule has 0 saturated carbocycles. The summed E-state index contributed by atoms with van der Waals surface area (Å²) in [4.78, 5) is 42.0. The normalized spacial score (nSPS) is 32.2.